The highest BCUT2D eigenvalue weighted by atomic mass is 16.3. The van der Waals surface area contributed by atoms with E-state index in [0.717, 1.165) is 29.9 Å². The molecule has 2 aliphatic carbocycles. The van der Waals surface area contributed by atoms with Crippen molar-refractivity contribution in [2.24, 2.45) is 5.92 Å². The summed E-state index contributed by atoms with van der Waals surface area (Å²) in [6, 6.07) is 4.03. The lowest BCUT2D eigenvalue weighted by atomic mass is 10.1. The topological polar surface area (TPSA) is 80.0 Å². The minimum absolute atomic E-state index is 0.118. The molecule has 6 heteroatoms. The summed E-state index contributed by atoms with van der Waals surface area (Å²) < 4.78 is 1.85. The number of aliphatic hydroxyl groups is 1. The number of pyridine rings is 1. The summed E-state index contributed by atoms with van der Waals surface area (Å²) in [6.45, 7) is 5.57. The van der Waals surface area contributed by atoms with E-state index in [2.05, 4.69) is 28.4 Å². The Kier molecular flexibility index (Phi) is 3.68. The maximum atomic E-state index is 12.7. The van der Waals surface area contributed by atoms with Gasteiger partial charge >= 0.3 is 0 Å². The SMILES string of the molecule is CCc1ccc(-n2nc(C(=O)NC(C)(C)CO)c3c2[C@H]2C[C@H]2C3)nc1. The van der Waals surface area contributed by atoms with Crippen LogP contribution in [0.25, 0.3) is 5.82 Å². The molecule has 1 saturated carbocycles. The average molecular weight is 340 g/mol. The number of aliphatic hydroxyl groups excluding tert-OH is 1. The van der Waals surface area contributed by atoms with Crippen molar-refractivity contribution in [3.63, 3.8) is 0 Å². The van der Waals surface area contributed by atoms with Crippen LogP contribution in [0.15, 0.2) is 18.3 Å². The molecule has 25 heavy (non-hydrogen) atoms. The Balaban J connectivity index is 1.73. The quantitative estimate of drug-likeness (QED) is 0.872. The molecule has 2 heterocycles. The first-order valence-electron chi connectivity index (χ1n) is 8.94. The minimum atomic E-state index is -0.670. The van der Waals surface area contributed by atoms with Gasteiger partial charge in [-0.1, -0.05) is 13.0 Å². The molecule has 6 nitrogen and oxygen atoms in total. The van der Waals surface area contributed by atoms with Gasteiger partial charge in [0.05, 0.1) is 17.8 Å². The molecule has 2 aromatic rings. The van der Waals surface area contributed by atoms with E-state index in [9.17, 15) is 9.90 Å². The number of rotatable bonds is 5. The molecule has 0 spiro atoms. The molecule has 2 N–H and O–H groups in total. The number of nitrogens with one attached hydrogen (secondary N) is 1. The molecule has 2 aliphatic rings. The smallest absolute Gasteiger partial charge is 0.272 e. The summed E-state index contributed by atoms with van der Waals surface area (Å²) >= 11 is 0. The molecule has 0 saturated heterocycles. The zero-order valence-electron chi connectivity index (χ0n) is 14.9. The predicted octanol–water partition coefficient (Wildman–Crippen LogP) is 1.99. The van der Waals surface area contributed by atoms with Crippen molar-refractivity contribution < 1.29 is 9.90 Å². The second-order valence-corrected chi connectivity index (χ2v) is 7.80. The Morgan fingerprint density at radius 2 is 2.24 bits per heavy atom. The van der Waals surface area contributed by atoms with Gasteiger partial charge < -0.3 is 10.4 Å². The number of nitrogens with zero attached hydrogens (tertiary/aromatic N) is 3. The lowest BCUT2D eigenvalue weighted by Crippen LogP contribution is -2.46. The van der Waals surface area contributed by atoms with E-state index in [4.69, 9.17) is 0 Å². The van der Waals surface area contributed by atoms with Gasteiger partial charge in [0, 0.05) is 17.7 Å². The fraction of sp³-hybridized carbons (Fsp3) is 0.526. The van der Waals surface area contributed by atoms with Crippen LogP contribution in [0.1, 0.15) is 60.4 Å². The average Bonchev–Trinajstić information content (AvgIpc) is 3.10. The maximum absolute atomic E-state index is 12.7. The largest absolute Gasteiger partial charge is 0.394 e. The van der Waals surface area contributed by atoms with Gasteiger partial charge in [0.1, 0.15) is 0 Å². The van der Waals surface area contributed by atoms with E-state index < -0.39 is 5.54 Å². The third kappa shape index (κ3) is 2.74. The van der Waals surface area contributed by atoms with Crippen LogP contribution < -0.4 is 5.32 Å². The second-order valence-electron chi connectivity index (χ2n) is 7.80. The predicted molar refractivity (Wildman–Crippen MR) is 93.9 cm³/mol. The van der Waals surface area contributed by atoms with Crippen LogP contribution in [0.5, 0.6) is 0 Å². The highest BCUT2D eigenvalue weighted by molar-refractivity contribution is 5.95. The zero-order chi connectivity index (χ0) is 17.8. The zero-order valence-corrected chi connectivity index (χ0v) is 14.9. The third-order valence-corrected chi connectivity index (χ3v) is 5.26. The van der Waals surface area contributed by atoms with E-state index in [1.807, 2.05) is 16.9 Å². The summed E-state index contributed by atoms with van der Waals surface area (Å²) in [6.07, 6.45) is 4.90. The van der Waals surface area contributed by atoms with Gasteiger partial charge in [0.25, 0.3) is 5.91 Å². The van der Waals surface area contributed by atoms with E-state index >= 15 is 0 Å². The fourth-order valence-corrected chi connectivity index (χ4v) is 3.63. The Hall–Kier alpha value is -2.21. The Bertz CT molecular complexity index is 823. The summed E-state index contributed by atoms with van der Waals surface area (Å²) in [5.41, 5.74) is 3.18. The molecular weight excluding hydrogens is 316 g/mol. The number of amides is 1. The van der Waals surface area contributed by atoms with Crippen molar-refractivity contribution in [3.8, 4) is 5.82 Å². The van der Waals surface area contributed by atoms with Crippen molar-refractivity contribution in [2.45, 2.75) is 51.5 Å². The van der Waals surface area contributed by atoms with Gasteiger partial charge in [0.2, 0.25) is 0 Å². The summed E-state index contributed by atoms with van der Waals surface area (Å²) in [5.74, 6) is 1.69. The van der Waals surface area contributed by atoms with E-state index in [1.165, 1.54) is 12.0 Å². The van der Waals surface area contributed by atoms with Gasteiger partial charge in [-0.3, -0.25) is 4.79 Å². The van der Waals surface area contributed by atoms with Crippen LogP contribution in [0.4, 0.5) is 0 Å². The molecule has 2 atom stereocenters. The Morgan fingerprint density at radius 3 is 2.88 bits per heavy atom. The Morgan fingerprint density at radius 1 is 1.44 bits per heavy atom. The van der Waals surface area contributed by atoms with Crippen molar-refractivity contribution in [3.05, 3.63) is 40.8 Å². The number of carbonyl (C=O) groups is 1. The molecule has 132 valence electrons. The molecule has 0 aromatic carbocycles. The van der Waals surface area contributed by atoms with Crippen LogP contribution in [0.2, 0.25) is 0 Å². The molecule has 1 amide bonds. The third-order valence-electron chi connectivity index (χ3n) is 5.26. The summed E-state index contributed by atoms with van der Waals surface area (Å²) in [4.78, 5) is 17.3. The van der Waals surface area contributed by atoms with Gasteiger partial charge in [-0.2, -0.15) is 5.10 Å². The maximum Gasteiger partial charge on any atom is 0.272 e. The fourth-order valence-electron chi connectivity index (χ4n) is 3.63. The number of aryl methyl sites for hydroxylation is 1. The minimum Gasteiger partial charge on any atom is -0.394 e. The molecule has 2 aromatic heterocycles. The molecule has 1 fully saturated rings. The van der Waals surface area contributed by atoms with Crippen molar-refractivity contribution in [2.75, 3.05) is 6.61 Å². The van der Waals surface area contributed by atoms with Crippen LogP contribution in [0.3, 0.4) is 0 Å². The first-order chi connectivity index (χ1) is 11.9. The van der Waals surface area contributed by atoms with Gasteiger partial charge in [0.15, 0.2) is 11.5 Å². The number of aromatic nitrogens is 3. The van der Waals surface area contributed by atoms with Gasteiger partial charge in [-0.15, -0.1) is 0 Å². The summed E-state index contributed by atoms with van der Waals surface area (Å²) in [5, 5.41) is 16.9. The van der Waals surface area contributed by atoms with E-state index in [-0.39, 0.29) is 12.5 Å². The number of hydrogen-bond acceptors (Lipinski definition) is 4. The van der Waals surface area contributed by atoms with Crippen molar-refractivity contribution in [1.29, 1.82) is 0 Å². The van der Waals surface area contributed by atoms with Crippen molar-refractivity contribution >= 4 is 5.91 Å². The molecule has 0 aliphatic heterocycles. The van der Waals surface area contributed by atoms with Crippen molar-refractivity contribution in [1.82, 2.24) is 20.1 Å². The highest BCUT2D eigenvalue weighted by Gasteiger charge is 2.50. The first kappa shape index (κ1) is 16.3. The second kappa shape index (κ2) is 5.66. The van der Waals surface area contributed by atoms with Crippen LogP contribution >= 0.6 is 0 Å². The Labute approximate surface area is 147 Å². The first-order valence-corrected chi connectivity index (χ1v) is 8.94. The molecular formula is C19H24N4O2. The summed E-state index contributed by atoms with van der Waals surface area (Å²) in [7, 11) is 0. The van der Waals surface area contributed by atoms with Crippen LogP contribution in [0, 0.1) is 5.92 Å². The van der Waals surface area contributed by atoms with Crippen LogP contribution in [-0.4, -0.2) is 37.9 Å². The van der Waals surface area contributed by atoms with Gasteiger partial charge in [-0.05, 0) is 50.7 Å². The lowest BCUT2D eigenvalue weighted by Gasteiger charge is -2.23. The van der Waals surface area contributed by atoms with E-state index in [0.29, 0.717) is 17.5 Å². The number of carbonyl (C=O) groups excluding carboxylic acids is 1. The normalized spacial score (nSPS) is 21.0. The molecule has 0 bridgehead atoms. The molecule has 0 radical (unpaired) electrons. The number of hydrogen-bond donors (Lipinski definition) is 2. The van der Waals surface area contributed by atoms with E-state index in [1.54, 1.807) is 13.8 Å². The van der Waals surface area contributed by atoms with Gasteiger partial charge in [-0.25, -0.2) is 9.67 Å². The van der Waals surface area contributed by atoms with Crippen LogP contribution in [-0.2, 0) is 12.8 Å². The lowest BCUT2D eigenvalue weighted by molar-refractivity contribution is 0.0863. The monoisotopic (exact) mass is 340 g/mol. The number of fused-ring (bicyclic) bond motifs is 3. The molecule has 0 unspecified atom stereocenters. The molecule has 4 rings (SSSR count). The standard InChI is InChI=1S/C19H24N4O2/c1-4-11-5-6-15(20-9-11)23-17-13-7-12(13)8-14(17)16(22-23)18(25)21-19(2,3)10-24/h5-6,9,12-13,24H,4,7-8,10H2,1-3H3,(H,21,25)/t12-,13-/m0/s1. The highest BCUT2D eigenvalue weighted by Crippen LogP contribution is 2.57.